The van der Waals surface area contributed by atoms with Gasteiger partial charge in [0.25, 0.3) is 0 Å². The average Bonchev–Trinajstić information content (AvgIpc) is 2.30. The van der Waals surface area contributed by atoms with Crippen molar-refractivity contribution in [2.24, 2.45) is 0 Å². The number of ether oxygens (including phenoxy) is 1. The van der Waals surface area contributed by atoms with Crippen LogP contribution in [0.2, 0.25) is 0 Å². The summed E-state index contributed by atoms with van der Waals surface area (Å²) in [7, 11) is 0. The molecule has 0 saturated heterocycles. The lowest BCUT2D eigenvalue weighted by molar-refractivity contribution is -0.143. The van der Waals surface area contributed by atoms with Gasteiger partial charge < -0.3 is 10.5 Å². The number of carbonyl (C=O) groups excluding carboxylic acids is 1. The van der Waals surface area contributed by atoms with Crippen LogP contribution < -0.4 is 5.73 Å². The van der Waals surface area contributed by atoms with Gasteiger partial charge in [-0.1, -0.05) is 0 Å². The van der Waals surface area contributed by atoms with E-state index in [2.05, 4.69) is 5.10 Å². The highest BCUT2D eigenvalue weighted by molar-refractivity contribution is 5.69. The van der Waals surface area contributed by atoms with Crippen LogP contribution in [-0.4, -0.2) is 22.4 Å². The molecule has 0 atom stereocenters. The van der Waals surface area contributed by atoms with E-state index < -0.39 is 0 Å². The van der Waals surface area contributed by atoms with Crippen molar-refractivity contribution < 1.29 is 9.53 Å². The van der Waals surface area contributed by atoms with Crippen LogP contribution in [0.4, 0.5) is 5.82 Å². The number of anilines is 1. The van der Waals surface area contributed by atoms with E-state index in [1.165, 1.54) is 4.68 Å². The Labute approximate surface area is 76.5 Å². The summed E-state index contributed by atoms with van der Waals surface area (Å²) < 4.78 is 6.18. The van der Waals surface area contributed by atoms with Crippen LogP contribution >= 0.6 is 0 Å². The molecule has 72 valence electrons. The van der Waals surface area contributed by atoms with Crippen molar-refractivity contribution >= 4 is 11.8 Å². The second-order valence-corrected chi connectivity index (χ2v) is 2.67. The number of carbonyl (C=O) groups is 1. The maximum Gasteiger partial charge on any atom is 0.327 e. The summed E-state index contributed by atoms with van der Waals surface area (Å²) in [5.41, 5.74) is 6.37. The predicted molar refractivity (Wildman–Crippen MR) is 48.0 cm³/mol. The molecule has 0 radical (unpaired) electrons. The van der Waals surface area contributed by atoms with Crippen LogP contribution in [0.25, 0.3) is 0 Å². The zero-order valence-corrected chi connectivity index (χ0v) is 7.78. The topological polar surface area (TPSA) is 70.1 Å². The molecule has 2 N–H and O–H groups in total. The van der Waals surface area contributed by atoms with Gasteiger partial charge in [-0.2, -0.15) is 5.10 Å². The van der Waals surface area contributed by atoms with Crippen LogP contribution in [0.5, 0.6) is 0 Å². The first-order valence-corrected chi connectivity index (χ1v) is 4.09. The van der Waals surface area contributed by atoms with E-state index in [4.69, 9.17) is 10.5 Å². The minimum Gasteiger partial charge on any atom is -0.465 e. The number of esters is 1. The Balaban J connectivity index is 2.63. The van der Waals surface area contributed by atoms with E-state index in [1.807, 2.05) is 6.92 Å². The molecular formula is C8H13N3O2. The zero-order valence-electron chi connectivity index (χ0n) is 7.78. The second kappa shape index (κ2) is 3.93. The van der Waals surface area contributed by atoms with Crippen LogP contribution in [-0.2, 0) is 16.1 Å². The fourth-order valence-corrected chi connectivity index (χ4v) is 1.02. The van der Waals surface area contributed by atoms with Gasteiger partial charge >= 0.3 is 5.97 Å². The molecule has 0 unspecified atom stereocenters. The SMILES string of the molecule is CCOC(=O)Cn1nc(C)cc1N. The van der Waals surface area contributed by atoms with Crippen LogP contribution in [0.1, 0.15) is 12.6 Å². The van der Waals surface area contributed by atoms with Crippen molar-refractivity contribution in [3.63, 3.8) is 0 Å². The molecule has 1 rings (SSSR count). The first-order chi connectivity index (χ1) is 6.13. The molecule has 0 bridgehead atoms. The molecule has 5 heteroatoms. The molecule has 0 aliphatic heterocycles. The van der Waals surface area contributed by atoms with E-state index >= 15 is 0 Å². The summed E-state index contributed by atoms with van der Waals surface area (Å²) in [5, 5.41) is 4.02. The maximum atomic E-state index is 11.0. The van der Waals surface area contributed by atoms with E-state index in [0.29, 0.717) is 12.4 Å². The largest absolute Gasteiger partial charge is 0.465 e. The number of aryl methyl sites for hydroxylation is 1. The summed E-state index contributed by atoms with van der Waals surface area (Å²) in [6.45, 7) is 4.03. The highest BCUT2D eigenvalue weighted by Crippen LogP contribution is 2.04. The molecular weight excluding hydrogens is 170 g/mol. The van der Waals surface area contributed by atoms with Crippen LogP contribution in [0, 0.1) is 6.92 Å². The van der Waals surface area contributed by atoms with E-state index in [1.54, 1.807) is 13.0 Å². The lowest BCUT2D eigenvalue weighted by Gasteiger charge is -2.02. The molecule has 0 spiro atoms. The summed E-state index contributed by atoms with van der Waals surface area (Å²) >= 11 is 0. The van der Waals surface area contributed by atoms with Gasteiger partial charge in [0.05, 0.1) is 12.3 Å². The summed E-state index contributed by atoms with van der Waals surface area (Å²) in [6, 6.07) is 1.71. The van der Waals surface area contributed by atoms with Crippen molar-refractivity contribution in [1.29, 1.82) is 0 Å². The number of aromatic nitrogens is 2. The van der Waals surface area contributed by atoms with Crippen molar-refractivity contribution in [2.75, 3.05) is 12.3 Å². The normalized spacial score (nSPS) is 10.0. The maximum absolute atomic E-state index is 11.0. The fraction of sp³-hybridized carbons (Fsp3) is 0.500. The lowest BCUT2D eigenvalue weighted by atomic mass is 10.5. The first-order valence-electron chi connectivity index (χ1n) is 4.09. The van der Waals surface area contributed by atoms with E-state index in [0.717, 1.165) is 5.69 Å². The number of rotatable bonds is 3. The Morgan fingerprint density at radius 2 is 2.46 bits per heavy atom. The van der Waals surface area contributed by atoms with Gasteiger partial charge in [0.1, 0.15) is 12.4 Å². The quantitative estimate of drug-likeness (QED) is 0.686. The van der Waals surface area contributed by atoms with E-state index in [9.17, 15) is 4.79 Å². The third-order valence-electron chi connectivity index (χ3n) is 1.52. The number of nitrogens with zero attached hydrogens (tertiary/aromatic N) is 2. The Kier molecular flexibility index (Phi) is 2.89. The van der Waals surface area contributed by atoms with Gasteiger partial charge in [-0.3, -0.25) is 4.79 Å². The zero-order chi connectivity index (χ0) is 9.84. The van der Waals surface area contributed by atoms with Gasteiger partial charge in [-0.25, -0.2) is 4.68 Å². The number of nitrogen functional groups attached to an aromatic ring is 1. The first kappa shape index (κ1) is 9.57. The second-order valence-electron chi connectivity index (χ2n) is 2.67. The summed E-state index contributed by atoms with van der Waals surface area (Å²) in [6.07, 6.45) is 0. The molecule has 1 aromatic heterocycles. The monoisotopic (exact) mass is 183 g/mol. The molecule has 0 amide bonds. The molecule has 1 heterocycles. The molecule has 13 heavy (non-hydrogen) atoms. The smallest absolute Gasteiger partial charge is 0.327 e. The third kappa shape index (κ3) is 2.47. The number of hydrogen-bond donors (Lipinski definition) is 1. The minimum absolute atomic E-state index is 0.0769. The van der Waals surface area contributed by atoms with Gasteiger partial charge in [-0.15, -0.1) is 0 Å². The Bertz CT molecular complexity index is 306. The van der Waals surface area contributed by atoms with E-state index in [-0.39, 0.29) is 12.5 Å². The Morgan fingerprint density at radius 1 is 1.77 bits per heavy atom. The molecule has 0 fully saturated rings. The lowest BCUT2D eigenvalue weighted by Crippen LogP contribution is -2.16. The molecule has 5 nitrogen and oxygen atoms in total. The standard InChI is InChI=1S/C8H13N3O2/c1-3-13-8(12)5-11-7(9)4-6(2)10-11/h4H,3,5,9H2,1-2H3. The summed E-state index contributed by atoms with van der Waals surface area (Å²) in [4.78, 5) is 11.0. The van der Waals surface area contributed by atoms with Gasteiger partial charge in [0.2, 0.25) is 0 Å². The van der Waals surface area contributed by atoms with Crippen LogP contribution in [0.15, 0.2) is 6.07 Å². The van der Waals surface area contributed by atoms with Crippen molar-refractivity contribution in [3.8, 4) is 0 Å². The Hall–Kier alpha value is -1.52. The van der Waals surface area contributed by atoms with Crippen molar-refractivity contribution in [2.45, 2.75) is 20.4 Å². The predicted octanol–water partition coefficient (Wildman–Crippen LogP) is 0.337. The van der Waals surface area contributed by atoms with Gasteiger partial charge in [-0.05, 0) is 13.8 Å². The summed E-state index contributed by atoms with van der Waals surface area (Å²) in [5.74, 6) is 0.155. The number of hydrogen-bond acceptors (Lipinski definition) is 4. The van der Waals surface area contributed by atoms with Crippen molar-refractivity contribution in [1.82, 2.24) is 9.78 Å². The van der Waals surface area contributed by atoms with Crippen LogP contribution in [0.3, 0.4) is 0 Å². The highest BCUT2D eigenvalue weighted by Gasteiger charge is 2.07. The Morgan fingerprint density at radius 3 is 2.92 bits per heavy atom. The molecule has 1 aromatic rings. The van der Waals surface area contributed by atoms with Gasteiger partial charge in [0, 0.05) is 6.07 Å². The molecule has 0 aromatic carbocycles. The molecule has 0 saturated carbocycles. The minimum atomic E-state index is -0.322. The molecule has 0 aliphatic carbocycles. The number of nitrogens with two attached hydrogens (primary N) is 1. The van der Waals surface area contributed by atoms with Gasteiger partial charge in [0.15, 0.2) is 0 Å². The highest BCUT2D eigenvalue weighted by atomic mass is 16.5. The fourth-order valence-electron chi connectivity index (χ4n) is 1.02. The average molecular weight is 183 g/mol. The third-order valence-corrected chi connectivity index (χ3v) is 1.52. The molecule has 0 aliphatic rings. The van der Waals surface area contributed by atoms with Crippen molar-refractivity contribution in [3.05, 3.63) is 11.8 Å².